The zero-order valence-electron chi connectivity index (χ0n) is 10.3. The van der Waals surface area contributed by atoms with Crippen LogP contribution in [-0.4, -0.2) is 21.3 Å². The fraction of sp³-hybridized carbons (Fsp3) is 0.500. The van der Waals surface area contributed by atoms with Crippen LogP contribution in [0.15, 0.2) is 16.7 Å². The summed E-state index contributed by atoms with van der Waals surface area (Å²) >= 11 is 0. The Morgan fingerprint density at radius 2 is 2.18 bits per heavy atom. The lowest BCUT2D eigenvalue weighted by molar-refractivity contribution is 0.375. The molecule has 0 saturated carbocycles. The highest BCUT2D eigenvalue weighted by atomic mass is 16.5. The van der Waals surface area contributed by atoms with E-state index in [1.807, 2.05) is 26.1 Å². The molecule has 0 saturated heterocycles. The minimum atomic E-state index is 0.656. The van der Waals surface area contributed by atoms with Crippen LogP contribution in [0.25, 0.3) is 11.5 Å². The molecule has 2 rings (SSSR count). The summed E-state index contributed by atoms with van der Waals surface area (Å²) in [5, 5.41) is 4.00. The summed E-state index contributed by atoms with van der Waals surface area (Å²) in [7, 11) is 2.00. The van der Waals surface area contributed by atoms with Gasteiger partial charge in [-0.2, -0.15) is 4.98 Å². The third-order valence-corrected chi connectivity index (χ3v) is 2.91. The molecule has 5 heteroatoms. The topological polar surface area (TPSA) is 69.9 Å². The standard InChI is InChI=1S/C12H18N4O/c1-9-6-7-10(16(9)2)12-14-11(17-15-12)5-3-4-8-13/h6-7H,3-5,8,13H2,1-2H3. The molecule has 0 aliphatic heterocycles. The molecule has 92 valence electrons. The molecule has 0 fully saturated rings. The minimum Gasteiger partial charge on any atom is -0.345 e. The van der Waals surface area contributed by atoms with Gasteiger partial charge in [0.25, 0.3) is 0 Å². The van der Waals surface area contributed by atoms with Crippen LogP contribution in [0, 0.1) is 6.92 Å². The lowest BCUT2D eigenvalue weighted by Gasteiger charge is -1.99. The van der Waals surface area contributed by atoms with Gasteiger partial charge in [0.1, 0.15) is 0 Å². The molecule has 0 aromatic carbocycles. The van der Waals surface area contributed by atoms with E-state index in [9.17, 15) is 0 Å². The first-order valence-corrected chi connectivity index (χ1v) is 5.87. The Labute approximate surface area is 101 Å². The second-order valence-electron chi connectivity index (χ2n) is 4.18. The molecule has 17 heavy (non-hydrogen) atoms. The van der Waals surface area contributed by atoms with E-state index in [0.717, 1.165) is 25.0 Å². The third kappa shape index (κ3) is 2.55. The normalized spacial score (nSPS) is 11.0. The van der Waals surface area contributed by atoms with Gasteiger partial charge in [0.15, 0.2) is 0 Å². The molecule has 0 aliphatic carbocycles. The smallest absolute Gasteiger partial charge is 0.227 e. The van der Waals surface area contributed by atoms with E-state index < -0.39 is 0 Å². The second-order valence-corrected chi connectivity index (χ2v) is 4.18. The summed E-state index contributed by atoms with van der Waals surface area (Å²) in [4.78, 5) is 4.39. The monoisotopic (exact) mass is 234 g/mol. The summed E-state index contributed by atoms with van der Waals surface area (Å²) in [6, 6.07) is 4.05. The van der Waals surface area contributed by atoms with Crippen LogP contribution in [0.5, 0.6) is 0 Å². The molecule has 0 aliphatic rings. The van der Waals surface area contributed by atoms with E-state index >= 15 is 0 Å². The molecule has 0 radical (unpaired) electrons. The average Bonchev–Trinajstić information content (AvgIpc) is 2.89. The SMILES string of the molecule is Cc1ccc(-c2noc(CCCCN)n2)n1C. The maximum Gasteiger partial charge on any atom is 0.227 e. The van der Waals surface area contributed by atoms with Gasteiger partial charge in [-0.1, -0.05) is 5.16 Å². The molecule has 2 aromatic rings. The number of rotatable bonds is 5. The number of nitrogens with zero attached hydrogens (tertiary/aromatic N) is 3. The molecule has 0 spiro atoms. The highest BCUT2D eigenvalue weighted by Gasteiger charge is 2.11. The number of nitrogens with two attached hydrogens (primary N) is 1. The fourth-order valence-corrected chi connectivity index (χ4v) is 1.72. The molecule has 2 N–H and O–H groups in total. The molecule has 5 nitrogen and oxygen atoms in total. The van der Waals surface area contributed by atoms with Crippen LogP contribution in [0.3, 0.4) is 0 Å². The Kier molecular flexibility index (Phi) is 3.58. The van der Waals surface area contributed by atoms with Gasteiger partial charge in [0.2, 0.25) is 11.7 Å². The first-order valence-electron chi connectivity index (χ1n) is 5.87. The van der Waals surface area contributed by atoms with Crippen molar-refractivity contribution in [1.29, 1.82) is 0 Å². The Balaban J connectivity index is 2.10. The van der Waals surface area contributed by atoms with Crippen LogP contribution in [-0.2, 0) is 13.5 Å². The van der Waals surface area contributed by atoms with Crippen molar-refractivity contribution in [3.05, 3.63) is 23.7 Å². The Bertz CT molecular complexity index is 486. The lowest BCUT2D eigenvalue weighted by atomic mass is 10.2. The van der Waals surface area contributed by atoms with E-state index in [2.05, 4.69) is 14.7 Å². The Morgan fingerprint density at radius 3 is 2.82 bits per heavy atom. The number of aromatic nitrogens is 3. The quantitative estimate of drug-likeness (QED) is 0.799. The Hall–Kier alpha value is -1.62. The Morgan fingerprint density at radius 1 is 1.35 bits per heavy atom. The molecule has 2 aromatic heterocycles. The summed E-state index contributed by atoms with van der Waals surface area (Å²) in [6.07, 6.45) is 2.78. The molecular formula is C12H18N4O. The average molecular weight is 234 g/mol. The van der Waals surface area contributed by atoms with Crippen molar-refractivity contribution in [3.8, 4) is 11.5 Å². The summed E-state index contributed by atoms with van der Waals surface area (Å²) in [5.74, 6) is 1.34. The van der Waals surface area contributed by atoms with Gasteiger partial charge >= 0.3 is 0 Å². The van der Waals surface area contributed by atoms with E-state index in [-0.39, 0.29) is 0 Å². The van der Waals surface area contributed by atoms with Crippen molar-refractivity contribution >= 4 is 0 Å². The van der Waals surface area contributed by atoms with Crippen molar-refractivity contribution in [1.82, 2.24) is 14.7 Å². The van der Waals surface area contributed by atoms with E-state index in [1.54, 1.807) is 0 Å². The van der Waals surface area contributed by atoms with Crippen LogP contribution < -0.4 is 5.73 Å². The van der Waals surface area contributed by atoms with Crippen molar-refractivity contribution in [2.75, 3.05) is 6.54 Å². The van der Waals surface area contributed by atoms with Crippen molar-refractivity contribution < 1.29 is 4.52 Å². The molecule has 0 unspecified atom stereocenters. The van der Waals surface area contributed by atoms with Gasteiger partial charge in [-0.25, -0.2) is 0 Å². The lowest BCUT2D eigenvalue weighted by Crippen LogP contribution is -1.99. The largest absolute Gasteiger partial charge is 0.345 e. The van der Waals surface area contributed by atoms with Crippen LogP contribution in [0.2, 0.25) is 0 Å². The van der Waals surface area contributed by atoms with Gasteiger partial charge in [-0.05, 0) is 38.4 Å². The van der Waals surface area contributed by atoms with Crippen LogP contribution in [0.4, 0.5) is 0 Å². The van der Waals surface area contributed by atoms with Crippen LogP contribution >= 0.6 is 0 Å². The fourth-order valence-electron chi connectivity index (χ4n) is 1.72. The minimum absolute atomic E-state index is 0.656. The maximum atomic E-state index is 5.44. The first kappa shape index (κ1) is 11.9. The predicted molar refractivity (Wildman–Crippen MR) is 65.4 cm³/mol. The van der Waals surface area contributed by atoms with Crippen LogP contribution in [0.1, 0.15) is 24.4 Å². The van der Waals surface area contributed by atoms with E-state index in [0.29, 0.717) is 18.3 Å². The van der Waals surface area contributed by atoms with Gasteiger partial charge in [-0.15, -0.1) is 0 Å². The molecule has 0 atom stereocenters. The maximum absolute atomic E-state index is 5.44. The van der Waals surface area contributed by atoms with Gasteiger partial charge < -0.3 is 14.8 Å². The second kappa shape index (κ2) is 5.14. The number of unbranched alkanes of at least 4 members (excludes halogenated alkanes) is 1. The van der Waals surface area contributed by atoms with E-state index in [1.165, 1.54) is 5.69 Å². The molecule has 2 heterocycles. The van der Waals surface area contributed by atoms with Gasteiger partial charge in [0, 0.05) is 19.2 Å². The predicted octanol–water partition coefficient (Wildman–Crippen LogP) is 1.66. The third-order valence-electron chi connectivity index (χ3n) is 2.91. The number of aryl methyl sites for hydroxylation is 2. The zero-order chi connectivity index (χ0) is 12.3. The number of hydrogen-bond donors (Lipinski definition) is 1. The zero-order valence-corrected chi connectivity index (χ0v) is 10.3. The highest BCUT2D eigenvalue weighted by Crippen LogP contribution is 2.18. The first-order chi connectivity index (χ1) is 8.22. The highest BCUT2D eigenvalue weighted by molar-refractivity contribution is 5.50. The van der Waals surface area contributed by atoms with Gasteiger partial charge in [0.05, 0.1) is 5.69 Å². The van der Waals surface area contributed by atoms with Gasteiger partial charge in [-0.3, -0.25) is 0 Å². The summed E-state index contributed by atoms with van der Waals surface area (Å²) < 4.78 is 7.26. The van der Waals surface area contributed by atoms with E-state index in [4.69, 9.17) is 10.3 Å². The molecular weight excluding hydrogens is 216 g/mol. The number of hydrogen-bond acceptors (Lipinski definition) is 4. The van der Waals surface area contributed by atoms with Crippen molar-refractivity contribution in [3.63, 3.8) is 0 Å². The van der Waals surface area contributed by atoms with Crippen molar-refractivity contribution in [2.24, 2.45) is 12.8 Å². The summed E-state index contributed by atoms with van der Waals surface area (Å²) in [5.41, 5.74) is 7.60. The molecule has 0 bridgehead atoms. The summed E-state index contributed by atoms with van der Waals surface area (Å²) in [6.45, 7) is 2.75. The molecule has 0 amide bonds. The van der Waals surface area contributed by atoms with Crippen molar-refractivity contribution in [2.45, 2.75) is 26.2 Å².